The molecule has 0 aliphatic heterocycles. The molecule has 0 saturated heterocycles. The summed E-state index contributed by atoms with van der Waals surface area (Å²) in [5.41, 5.74) is 1.09. The molecule has 15 heavy (non-hydrogen) atoms. The van der Waals surface area contributed by atoms with Gasteiger partial charge >= 0.3 is 0 Å². The number of rotatable bonds is 1. The summed E-state index contributed by atoms with van der Waals surface area (Å²) in [5, 5.41) is 12.0. The maximum Gasteiger partial charge on any atom is 0.179 e. The normalized spacial score (nSPS) is 10.6. The van der Waals surface area contributed by atoms with Crippen molar-refractivity contribution in [1.82, 2.24) is 0 Å². The highest BCUT2D eigenvalue weighted by molar-refractivity contribution is 6.33. The molecule has 0 aromatic heterocycles. The third-order valence-electron chi connectivity index (χ3n) is 2.38. The van der Waals surface area contributed by atoms with E-state index < -0.39 is 0 Å². The summed E-state index contributed by atoms with van der Waals surface area (Å²) in [5.74, 6) is 0.429. The Morgan fingerprint density at radius 2 is 2.00 bits per heavy atom. The topological polar surface area (TPSA) is 29.5 Å². The number of phenolic OH excluding ortho intramolecular Hbond substituents is 1. The molecule has 0 spiro atoms. The Kier molecular flexibility index (Phi) is 2.45. The van der Waals surface area contributed by atoms with Gasteiger partial charge in [-0.25, -0.2) is 0 Å². The predicted octanol–water partition coefficient (Wildman–Crippen LogP) is 3.52. The van der Waals surface area contributed by atoms with Crippen LogP contribution in [0.5, 0.6) is 11.5 Å². The third-order valence-corrected chi connectivity index (χ3v) is 2.66. The molecule has 0 heterocycles. The molecule has 2 rings (SSSR count). The van der Waals surface area contributed by atoms with Crippen molar-refractivity contribution in [2.45, 2.75) is 6.92 Å². The lowest BCUT2D eigenvalue weighted by molar-refractivity contribution is 0.377. The molecule has 0 atom stereocenters. The quantitative estimate of drug-likeness (QED) is 0.800. The first kappa shape index (κ1) is 10.1. The number of aromatic hydroxyl groups is 1. The number of methoxy groups -OCH3 is 1. The Bertz CT molecular complexity index is 521. The monoisotopic (exact) mass is 222 g/mol. The standard InChI is InChI=1S/C12H11ClO2/c1-7-3-4-8-6-10(13)12(15-2)11(14)9(8)5-7/h3-6,14H,1-2H3. The van der Waals surface area contributed by atoms with E-state index in [0.29, 0.717) is 10.8 Å². The summed E-state index contributed by atoms with van der Waals surface area (Å²) >= 11 is 5.96. The molecule has 1 N–H and O–H groups in total. The number of benzene rings is 2. The fraction of sp³-hybridized carbons (Fsp3) is 0.167. The summed E-state index contributed by atoms with van der Waals surface area (Å²) in [6, 6.07) is 7.60. The highest BCUT2D eigenvalue weighted by Crippen LogP contribution is 2.40. The Balaban J connectivity index is 2.86. The van der Waals surface area contributed by atoms with Crippen molar-refractivity contribution in [2.75, 3.05) is 7.11 Å². The maximum absolute atomic E-state index is 9.95. The van der Waals surface area contributed by atoms with Gasteiger partial charge in [0.1, 0.15) is 0 Å². The third kappa shape index (κ3) is 1.61. The Labute approximate surface area is 93.1 Å². The van der Waals surface area contributed by atoms with E-state index in [1.807, 2.05) is 25.1 Å². The molecule has 3 heteroatoms. The second-order valence-electron chi connectivity index (χ2n) is 3.46. The summed E-state index contributed by atoms with van der Waals surface area (Å²) in [4.78, 5) is 0. The molecule has 0 saturated carbocycles. The SMILES string of the molecule is COc1c(Cl)cc2ccc(C)cc2c1O. The highest BCUT2D eigenvalue weighted by atomic mass is 35.5. The molecule has 0 aliphatic carbocycles. The lowest BCUT2D eigenvalue weighted by Gasteiger charge is -2.09. The van der Waals surface area contributed by atoms with Crippen molar-refractivity contribution in [2.24, 2.45) is 0 Å². The van der Waals surface area contributed by atoms with Gasteiger partial charge in [0.25, 0.3) is 0 Å². The molecule has 0 unspecified atom stereocenters. The fourth-order valence-corrected chi connectivity index (χ4v) is 1.92. The minimum Gasteiger partial charge on any atom is -0.504 e. The molecule has 2 nitrogen and oxygen atoms in total. The van der Waals surface area contributed by atoms with E-state index in [0.717, 1.165) is 16.3 Å². The summed E-state index contributed by atoms with van der Waals surface area (Å²) < 4.78 is 5.04. The first-order chi connectivity index (χ1) is 7.13. The van der Waals surface area contributed by atoms with Crippen molar-refractivity contribution in [3.63, 3.8) is 0 Å². The molecule has 2 aromatic rings. The lowest BCUT2D eigenvalue weighted by atomic mass is 10.1. The molecule has 0 amide bonds. The van der Waals surface area contributed by atoms with Crippen LogP contribution in [0.2, 0.25) is 5.02 Å². The maximum atomic E-state index is 9.95. The van der Waals surface area contributed by atoms with Crippen LogP contribution in [0.4, 0.5) is 0 Å². The van der Waals surface area contributed by atoms with Crippen LogP contribution < -0.4 is 4.74 Å². The van der Waals surface area contributed by atoms with Gasteiger partial charge in [-0.05, 0) is 24.4 Å². The Morgan fingerprint density at radius 1 is 1.27 bits per heavy atom. The van der Waals surface area contributed by atoms with E-state index in [1.165, 1.54) is 7.11 Å². The van der Waals surface area contributed by atoms with Crippen LogP contribution in [0.3, 0.4) is 0 Å². The van der Waals surface area contributed by atoms with Gasteiger partial charge < -0.3 is 9.84 Å². The summed E-state index contributed by atoms with van der Waals surface area (Å²) in [6.07, 6.45) is 0. The molecule has 78 valence electrons. The highest BCUT2D eigenvalue weighted by Gasteiger charge is 2.11. The van der Waals surface area contributed by atoms with Gasteiger partial charge in [-0.15, -0.1) is 0 Å². The minimum atomic E-state index is 0.101. The van der Waals surface area contributed by atoms with Crippen molar-refractivity contribution in [3.05, 3.63) is 34.9 Å². The molecular weight excluding hydrogens is 212 g/mol. The molecular formula is C12H11ClO2. The second-order valence-corrected chi connectivity index (χ2v) is 3.87. The van der Waals surface area contributed by atoms with Crippen LogP contribution >= 0.6 is 11.6 Å². The first-order valence-corrected chi connectivity index (χ1v) is 4.97. The zero-order chi connectivity index (χ0) is 11.0. The van der Waals surface area contributed by atoms with E-state index in [4.69, 9.17) is 16.3 Å². The van der Waals surface area contributed by atoms with Crippen molar-refractivity contribution in [1.29, 1.82) is 0 Å². The van der Waals surface area contributed by atoms with Crippen LogP contribution in [-0.2, 0) is 0 Å². The number of halogens is 1. The molecule has 0 fully saturated rings. The minimum absolute atomic E-state index is 0.101. The fourth-order valence-electron chi connectivity index (χ4n) is 1.63. The lowest BCUT2D eigenvalue weighted by Crippen LogP contribution is -1.87. The average molecular weight is 223 g/mol. The molecule has 0 bridgehead atoms. The van der Waals surface area contributed by atoms with Gasteiger partial charge in [0.15, 0.2) is 11.5 Å². The van der Waals surface area contributed by atoms with Crippen LogP contribution in [0.15, 0.2) is 24.3 Å². The number of fused-ring (bicyclic) bond motifs is 1. The summed E-state index contributed by atoms with van der Waals surface area (Å²) in [7, 11) is 1.49. The Hall–Kier alpha value is -1.41. The van der Waals surface area contributed by atoms with Crippen molar-refractivity contribution in [3.8, 4) is 11.5 Å². The largest absolute Gasteiger partial charge is 0.504 e. The molecule has 0 radical (unpaired) electrons. The first-order valence-electron chi connectivity index (χ1n) is 4.59. The molecule has 0 aliphatic rings. The van der Waals surface area contributed by atoms with E-state index in [1.54, 1.807) is 6.07 Å². The average Bonchev–Trinajstić information content (AvgIpc) is 2.20. The number of hydrogen-bond acceptors (Lipinski definition) is 2. The number of hydrogen-bond donors (Lipinski definition) is 1. The van der Waals surface area contributed by atoms with Crippen LogP contribution in [0, 0.1) is 6.92 Å². The molecule has 2 aromatic carbocycles. The Morgan fingerprint density at radius 3 is 2.67 bits per heavy atom. The summed E-state index contributed by atoms with van der Waals surface area (Å²) in [6.45, 7) is 1.97. The van der Waals surface area contributed by atoms with E-state index >= 15 is 0 Å². The van der Waals surface area contributed by atoms with Crippen molar-refractivity contribution < 1.29 is 9.84 Å². The van der Waals surface area contributed by atoms with Crippen molar-refractivity contribution >= 4 is 22.4 Å². The van der Waals surface area contributed by atoms with Gasteiger partial charge in [0.05, 0.1) is 12.1 Å². The zero-order valence-corrected chi connectivity index (χ0v) is 9.30. The zero-order valence-electron chi connectivity index (χ0n) is 8.54. The van der Waals surface area contributed by atoms with E-state index in [-0.39, 0.29) is 5.75 Å². The number of phenols is 1. The second kappa shape index (κ2) is 3.63. The van der Waals surface area contributed by atoms with Gasteiger partial charge in [0, 0.05) is 5.39 Å². The van der Waals surface area contributed by atoms with Crippen LogP contribution in [-0.4, -0.2) is 12.2 Å². The van der Waals surface area contributed by atoms with Gasteiger partial charge in [0.2, 0.25) is 0 Å². The van der Waals surface area contributed by atoms with Crippen LogP contribution in [0.1, 0.15) is 5.56 Å². The predicted molar refractivity (Wildman–Crippen MR) is 61.9 cm³/mol. The van der Waals surface area contributed by atoms with E-state index in [9.17, 15) is 5.11 Å². The number of ether oxygens (including phenoxy) is 1. The van der Waals surface area contributed by atoms with Gasteiger partial charge in [-0.1, -0.05) is 29.3 Å². The van der Waals surface area contributed by atoms with Gasteiger partial charge in [-0.3, -0.25) is 0 Å². The number of aryl methyl sites for hydroxylation is 1. The van der Waals surface area contributed by atoms with E-state index in [2.05, 4.69) is 0 Å². The smallest absolute Gasteiger partial charge is 0.179 e. The van der Waals surface area contributed by atoms with Gasteiger partial charge in [-0.2, -0.15) is 0 Å². The van der Waals surface area contributed by atoms with Crippen LogP contribution in [0.25, 0.3) is 10.8 Å².